The van der Waals surface area contributed by atoms with Crippen molar-refractivity contribution in [3.8, 4) is 5.75 Å². The SMILES string of the molecule is COc1ccccc1C1CC(NN2CCOCC2)C1. The van der Waals surface area contributed by atoms with Crippen molar-refractivity contribution in [2.45, 2.75) is 24.8 Å². The number of para-hydroxylation sites is 1. The molecule has 0 bridgehead atoms. The van der Waals surface area contributed by atoms with Crippen molar-refractivity contribution in [3.63, 3.8) is 0 Å². The van der Waals surface area contributed by atoms with Crippen molar-refractivity contribution in [3.05, 3.63) is 29.8 Å². The molecule has 2 fully saturated rings. The van der Waals surface area contributed by atoms with Crippen LogP contribution in [-0.4, -0.2) is 44.5 Å². The minimum Gasteiger partial charge on any atom is -0.496 e. The van der Waals surface area contributed by atoms with Crippen molar-refractivity contribution in [1.29, 1.82) is 0 Å². The largest absolute Gasteiger partial charge is 0.496 e. The predicted octanol–water partition coefficient (Wildman–Crippen LogP) is 1.78. The van der Waals surface area contributed by atoms with Crippen LogP contribution in [0.4, 0.5) is 0 Å². The van der Waals surface area contributed by atoms with Crippen LogP contribution < -0.4 is 10.2 Å². The van der Waals surface area contributed by atoms with Crippen molar-refractivity contribution >= 4 is 0 Å². The number of hydrogen-bond donors (Lipinski definition) is 1. The first-order chi connectivity index (χ1) is 9.36. The molecule has 1 aliphatic heterocycles. The molecule has 0 amide bonds. The summed E-state index contributed by atoms with van der Waals surface area (Å²) < 4.78 is 10.8. The molecule has 1 aliphatic carbocycles. The van der Waals surface area contributed by atoms with Crippen LogP contribution in [0.3, 0.4) is 0 Å². The minimum atomic E-state index is 0.605. The average molecular weight is 262 g/mol. The van der Waals surface area contributed by atoms with E-state index >= 15 is 0 Å². The zero-order valence-corrected chi connectivity index (χ0v) is 11.5. The second-order valence-electron chi connectivity index (χ2n) is 5.34. The molecule has 1 aromatic carbocycles. The fraction of sp³-hybridized carbons (Fsp3) is 0.600. The summed E-state index contributed by atoms with van der Waals surface area (Å²) in [4.78, 5) is 0. The first-order valence-electron chi connectivity index (χ1n) is 7.08. The van der Waals surface area contributed by atoms with Gasteiger partial charge in [-0.25, -0.2) is 5.01 Å². The molecule has 0 unspecified atom stereocenters. The van der Waals surface area contributed by atoms with Gasteiger partial charge in [-0.2, -0.15) is 0 Å². The number of nitrogens with one attached hydrogen (secondary N) is 1. The number of nitrogens with zero attached hydrogens (tertiary/aromatic N) is 1. The fourth-order valence-electron chi connectivity index (χ4n) is 2.93. The Hall–Kier alpha value is -1.10. The van der Waals surface area contributed by atoms with E-state index in [9.17, 15) is 0 Å². The van der Waals surface area contributed by atoms with Crippen LogP contribution in [0.25, 0.3) is 0 Å². The smallest absolute Gasteiger partial charge is 0.122 e. The van der Waals surface area contributed by atoms with E-state index in [1.54, 1.807) is 7.11 Å². The zero-order valence-electron chi connectivity index (χ0n) is 11.5. The second-order valence-corrected chi connectivity index (χ2v) is 5.34. The Balaban J connectivity index is 1.51. The summed E-state index contributed by atoms with van der Waals surface area (Å²) >= 11 is 0. The second kappa shape index (κ2) is 5.90. The summed E-state index contributed by atoms with van der Waals surface area (Å²) in [5.74, 6) is 1.66. The number of hydrazine groups is 1. The highest BCUT2D eigenvalue weighted by Crippen LogP contribution is 2.40. The lowest BCUT2D eigenvalue weighted by molar-refractivity contribution is -0.00627. The molecule has 1 saturated heterocycles. The van der Waals surface area contributed by atoms with E-state index in [1.807, 2.05) is 6.07 Å². The first kappa shape index (κ1) is 12.9. The molecular weight excluding hydrogens is 240 g/mol. The van der Waals surface area contributed by atoms with E-state index in [-0.39, 0.29) is 0 Å². The normalized spacial score (nSPS) is 27.8. The zero-order chi connectivity index (χ0) is 13.1. The third-order valence-corrected chi connectivity index (χ3v) is 4.09. The van der Waals surface area contributed by atoms with Crippen LogP contribution in [-0.2, 0) is 4.74 Å². The molecule has 19 heavy (non-hydrogen) atoms. The topological polar surface area (TPSA) is 33.7 Å². The maximum Gasteiger partial charge on any atom is 0.122 e. The Morgan fingerprint density at radius 2 is 1.95 bits per heavy atom. The molecule has 1 heterocycles. The summed E-state index contributed by atoms with van der Waals surface area (Å²) in [6.07, 6.45) is 2.38. The van der Waals surface area contributed by atoms with Gasteiger partial charge in [-0.05, 0) is 30.4 Å². The number of hydrogen-bond acceptors (Lipinski definition) is 4. The van der Waals surface area contributed by atoms with Gasteiger partial charge in [0.05, 0.1) is 20.3 Å². The van der Waals surface area contributed by atoms with E-state index in [0.717, 1.165) is 32.1 Å². The first-order valence-corrected chi connectivity index (χ1v) is 7.08. The van der Waals surface area contributed by atoms with E-state index in [0.29, 0.717) is 12.0 Å². The monoisotopic (exact) mass is 262 g/mol. The van der Waals surface area contributed by atoms with Crippen LogP contribution in [0.5, 0.6) is 5.75 Å². The Kier molecular flexibility index (Phi) is 4.01. The summed E-state index contributed by atoms with van der Waals surface area (Å²) in [7, 11) is 1.75. The molecule has 1 aromatic rings. The molecular formula is C15H22N2O2. The molecule has 1 saturated carbocycles. The Morgan fingerprint density at radius 3 is 2.68 bits per heavy atom. The highest BCUT2D eigenvalue weighted by atomic mass is 16.5. The van der Waals surface area contributed by atoms with Gasteiger partial charge in [0.1, 0.15) is 5.75 Å². The van der Waals surface area contributed by atoms with Gasteiger partial charge in [-0.3, -0.25) is 5.43 Å². The van der Waals surface area contributed by atoms with Crippen molar-refractivity contribution in [2.24, 2.45) is 0 Å². The molecule has 1 N–H and O–H groups in total. The lowest BCUT2D eigenvalue weighted by atomic mass is 9.76. The summed E-state index contributed by atoms with van der Waals surface area (Å²) in [6, 6.07) is 8.98. The highest BCUT2D eigenvalue weighted by molar-refractivity contribution is 5.37. The van der Waals surface area contributed by atoms with Crippen LogP contribution in [0.2, 0.25) is 0 Å². The van der Waals surface area contributed by atoms with Crippen molar-refractivity contribution in [2.75, 3.05) is 33.4 Å². The number of benzene rings is 1. The van der Waals surface area contributed by atoms with Crippen LogP contribution in [0.1, 0.15) is 24.3 Å². The van der Waals surface area contributed by atoms with Gasteiger partial charge in [0.2, 0.25) is 0 Å². The van der Waals surface area contributed by atoms with Crippen molar-refractivity contribution in [1.82, 2.24) is 10.4 Å². The molecule has 2 aliphatic rings. The lowest BCUT2D eigenvalue weighted by Crippen LogP contribution is -2.53. The van der Waals surface area contributed by atoms with Gasteiger partial charge >= 0.3 is 0 Å². The van der Waals surface area contributed by atoms with Gasteiger partial charge in [0.25, 0.3) is 0 Å². The van der Waals surface area contributed by atoms with Crippen LogP contribution >= 0.6 is 0 Å². The molecule has 4 nitrogen and oxygen atoms in total. The maximum absolute atomic E-state index is 5.44. The number of rotatable bonds is 4. The predicted molar refractivity (Wildman–Crippen MR) is 74.3 cm³/mol. The van der Waals surface area contributed by atoms with Gasteiger partial charge < -0.3 is 9.47 Å². The van der Waals surface area contributed by atoms with E-state index < -0.39 is 0 Å². The van der Waals surface area contributed by atoms with Gasteiger partial charge in [-0.15, -0.1) is 0 Å². The standard InChI is InChI=1S/C15H22N2O2/c1-18-15-5-3-2-4-14(15)12-10-13(11-12)16-17-6-8-19-9-7-17/h2-5,12-13,16H,6-11H2,1H3. The lowest BCUT2D eigenvalue weighted by Gasteiger charge is -2.41. The highest BCUT2D eigenvalue weighted by Gasteiger charge is 2.33. The summed E-state index contributed by atoms with van der Waals surface area (Å²) in [5.41, 5.74) is 4.96. The van der Waals surface area contributed by atoms with E-state index in [1.165, 1.54) is 18.4 Å². The van der Waals surface area contributed by atoms with Gasteiger partial charge in [0, 0.05) is 19.1 Å². The third kappa shape index (κ3) is 2.91. The molecule has 0 atom stereocenters. The van der Waals surface area contributed by atoms with E-state index in [4.69, 9.17) is 9.47 Å². The van der Waals surface area contributed by atoms with E-state index in [2.05, 4.69) is 28.6 Å². The summed E-state index contributed by atoms with van der Waals surface area (Å²) in [5, 5.41) is 2.30. The average Bonchev–Trinajstić information content (AvgIpc) is 2.43. The molecule has 104 valence electrons. The van der Waals surface area contributed by atoms with Crippen LogP contribution in [0.15, 0.2) is 24.3 Å². The quantitative estimate of drug-likeness (QED) is 0.897. The number of morpholine rings is 1. The Morgan fingerprint density at radius 1 is 1.21 bits per heavy atom. The Labute approximate surface area is 114 Å². The maximum atomic E-state index is 5.44. The van der Waals surface area contributed by atoms with Crippen molar-refractivity contribution < 1.29 is 9.47 Å². The Bertz CT molecular complexity index is 412. The molecule has 0 spiro atoms. The number of ether oxygens (including phenoxy) is 2. The van der Waals surface area contributed by atoms with Gasteiger partial charge in [-0.1, -0.05) is 18.2 Å². The molecule has 3 rings (SSSR count). The summed E-state index contributed by atoms with van der Waals surface area (Å²) in [6.45, 7) is 3.68. The third-order valence-electron chi connectivity index (χ3n) is 4.09. The molecule has 0 aromatic heterocycles. The minimum absolute atomic E-state index is 0.605. The number of methoxy groups -OCH3 is 1. The van der Waals surface area contributed by atoms with Crippen LogP contribution in [0, 0.1) is 0 Å². The van der Waals surface area contributed by atoms with Gasteiger partial charge in [0.15, 0.2) is 0 Å². The fourth-order valence-corrected chi connectivity index (χ4v) is 2.93. The molecule has 4 heteroatoms. The molecule has 0 radical (unpaired) electrons.